The van der Waals surface area contributed by atoms with Crippen LogP contribution >= 0.6 is 0 Å². The van der Waals surface area contributed by atoms with Gasteiger partial charge in [0.1, 0.15) is 7.05 Å². The minimum Gasteiger partial charge on any atom is -0.493 e. The summed E-state index contributed by atoms with van der Waals surface area (Å²) in [6, 6.07) is 22.7. The molecule has 0 spiro atoms. The molecule has 56 heavy (non-hydrogen) atoms. The molecule has 4 aromatic rings. The molecular weight excluding hydrogens is 697 g/mol. The van der Waals surface area contributed by atoms with E-state index in [1.54, 1.807) is 24.3 Å². The van der Waals surface area contributed by atoms with Crippen molar-refractivity contribution in [2.24, 2.45) is 22.0 Å². The molecule has 0 radical (unpaired) electrons. The molecule has 10 heteroatoms. The maximum absolute atomic E-state index is 10.2. The summed E-state index contributed by atoms with van der Waals surface area (Å²) in [6.07, 6.45) is 24.1. The number of fused-ring (bicyclic) bond motifs is 5. The number of aliphatic hydroxyl groups excluding tert-OH is 2. The van der Waals surface area contributed by atoms with E-state index in [1.165, 1.54) is 0 Å². The minimum atomic E-state index is -0.521. The highest BCUT2D eigenvalue weighted by Crippen LogP contribution is 2.38. The summed E-state index contributed by atoms with van der Waals surface area (Å²) in [7, 11) is 3.95. The van der Waals surface area contributed by atoms with Gasteiger partial charge in [0.15, 0.2) is 12.4 Å². The minimum absolute atomic E-state index is 0.385. The van der Waals surface area contributed by atoms with Gasteiger partial charge in [0.05, 0.1) is 34.2 Å². The van der Waals surface area contributed by atoms with Gasteiger partial charge in [-0.25, -0.2) is 19.5 Å². The fourth-order valence-electron chi connectivity index (χ4n) is 7.32. The second kappa shape index (κ2) is 13.6. The third-order valence-electron chi connectivity index (χ3n) is 10.1. The molecule has 2 aromatic carbocycles. The number of nitrogens with zero attached hydrogens (tertiary/aromatic N) is 5. The number of hydrogen-bond donors (Lipinski definition) is 5. The third-order valence-corrected chi connectivity index (χ3v) is 10.1. The van der Waals surface area contributed by atoms with Crippen molar-refractivity contribution < 1.29 is 14.8 Å². The second-order valence-corrected chi connectivity index (χ2v) is 13.8. The van der Waals surface area contributed by atoms with Crippen LogP contribution in [0.5, 0.6) is 0 Å². The van der Waals surface area contributed by atoms with Gasteiger partial charge >= 0.3 is 0 Å². The quantitative estimate of drug-likeness (QED) is 0.0806. The Balaban J connectivity index is 1.37. The van der Waals surface area contributed by atoms with E-state index < -0.39 is 11.8 Å². The number of pyridine rings is 1. The highest BCUT2D eigenvalue weighted by Gasteiger charge is 2.27. The first-order valence-corrected chi connectivity index (χ1v) is 18.0. The Labute approximate surface area is 323 Å². The Morgan fingerprint density at radius 1 is 0.571 bits per heavy atom. The number of allylic oxidation sites excluding steroid dienone is 12. The predicted molar refractivity (Wildman–Crippen MR) is 223 cm³/mol. The molecule has 5 N–H and O–H groups in total. The van der Waals surface area contributed by atoms with Crippen LogP contribution in [0, 0.1) is 10.8 Å². The Hall–Kier alpha value is -7.72. The molecule has 10 nitrogen and oxygen atoms in total. The van der Waals surface area contributed by atoms with Crippen LogP contribution in [0.4, 0.5) is 0 Å². The largest absolute Gasteiger partial charge is 0.493 e. The van der Waals surface area contributed by atoms with Gasteiger partial charge in [0, 0.05) is 76.4 Å². The maximum atomic E-state index is 10.2. The summed E-state index contributed by atoms with van der Waals surface area (Å²) in [5.41, 5.74) is 13.3. The summed E-state index contributed by atoms with van der Waals surface area (Å²) < 4.78 is 1.98. The molecule has 0 fully saturated rings. The molecule has 8 bridgehead atoms. The maximum Gasteiger partial charge on any atom is 0.210 e. The Kier molecular flexibility index (Phi) is 8.28. The summed E-state index contributed by atoms with van der Waals surface area (Å²) in [4.78, 5) is 21.5. The monoisotopic (exact) mass is 731 g/mol. The van der Waals surface area contributed by atoms with E-state index in [1.807, 2.05) is 133 Å². The first kappa shape index (κ1) is 34.1. The van der Waals surface area contributed by atoms with Crippen molar-refractivity contribution in [1.29, 1.82) is 10.8 Å². The van der Waals surface area contributed by atoms with E-state index in [2.05, 4.69) is 17.1 Å². The molecule has 0 saturated carbocycles. The van der Waals surface area contributed by atoms with Crippen LogP contribution in [-0.4, -0.2) is 56.1 Å². The van der Waals surface area contributed by atoms with Crippen molar-refractivity contribution >= 4 is 51.2 Å². The predicted octanol–water partition coefficient (Wildman–Crippen LogP) is 7.96. The van der Waals surface area contributed by atoms with E-state index in [4.69, 9.17) is 25.8 Å². The van der Waals surface area contributed by atoms with Gasteiger partial charge in [0.2, 0.25) is 11.8 Å². The van der Waals surface area contributed by atoms with Gasteiger partial charge in [0.25, 0.3) is 0 Å². The molecule has 5 aliphatic heterocycles. The highest BCUT2D eigenvalue weighted by molar-refractivity contribution is 6.37. The lowest BCUT2D eigenvalue weighted by molar-refractivity contribution is -0.671. The van der Waals surface area contributed by atoms with Gasteiger partial charge in [-0.2, -0.15) is 0 Å². The number of aliphatic hydroxyl groups is 2. The van der Waals surface area contributed by atoms with Crippen LogP contribution in [0.1, 0.15) is 39.2 Å². The van der Waals surface area contributed by atoms with E-state index >= 15 is 0 Å². The molecule has 0 unspecified atom stereocenters. The zero-order valence-electron chi connectivity index (χ0n) is 30.5. The lowest BCUT2D eigenvalue weighted by Gasteiger charge is -2.16. The summed E-state index contributed by atoms with van der Waals surface area (Å²) in [6.45, 7) is 0. The SMILES string of the molecule is CN1C=CC(=C2C3=NC(=C(c4cccc(C(=N)O)c4)C4=NC(=C(c5cc[n+](C)cc5)C5=NC(=C(c6cccc(C(=N)O)c6)c6ccc2[nH]6)C=C5)C=C4)C=C3)C=C1. The summed E-state index contributed by atoms with van der Waals surface area (Å²) in [5, 5.41) is 36.3. The van der Waals surface area contributed by atoms with Crippen molar-refractivity contribution in [2.75, 3.05) is 7.05 Å². The van der Waals surface area contributed by atoms with E-state index in [9.17, 15) is 10.2 Å². The van der Waals surface area contributed by atoms with Gasteiger partial charge < -0.3 is 20.1 Å². The topological polar surface area (TPSA) is 148 Å². The number of benzene rings is 2. The van der Waals surface area contributed by atoms with Crippen molar-refractivity contribution in [3.8, 4) is 0 Å². The van der Waals surface area contributed by atoms with E-state index in [-0.39, 0.29) is 0 Å². The van der Waals surface area contributed by atoms with Crippen molar-refractivity contribution in [3.63, 3.8) is 0 Å². The molecule has 9 rings (SSSR count). The zero-order valence-corrected chi connectivity index (χ0v) is 30.5. The number of aromatic amines is 1. The summed E-state index contributed by atoms with van der Waals surface area (Å²) >= 11 is 0. The van der Waals surface area contributed by atoms with Crippen molar-refractivity contribution in [1.82, 2.24) is 9.88 Å². The molecule has 2 aromatic heterocycles. The first-order chi connectivity index (χ1) is 27.2. The van der Waals surface area contributed by atoms with Crippen molar-refractivity contribution in [2.45, 2.75) is 0 Å². The number of H-pyrrole nitrogens is 1. The average molecular weight is 732 g/mol. The number of nitrogens with one attached hydrogen (secondary N) is 3. The Morgan fingerprint density at radius 3 is 1.57 bits per heavy atom. The van der Waals surface area contributed by atoms with Crippen LogP contribution in [0.15, 0.2) is 184 Å². The lowest BCUT2D eigenvalue weighted by Crippen LogP contribution is -2.26. The zero-order chi connectivity index (χ0) is 38.5. The van der Waals surface area contributed by atoms with Gasteiger partial charge in [-0.05, 0) is 107 Å². The van der Waals surface area contributed by atoms with Gasteiger partial charge in [-0.15, -0.1) is 0 Å². The lowest BCUT2D eigenvalue weighted by atomic mass is 9.97. The summed E-state index contributed by atoms with van der Waals surface area (Å²) in [5.74, 6) is -1.04. The standard InChI is InChI=1S/C46H34N8O2/c1-53-21-17-27(18-22-53)41-33-9-13-37(49-33)43(29-5-3-7-31(25-29)45(47)55)39-15-11-35(51-39)42(28-19-23-54(2)24-20-28)36-12-16-40(52-36)44(38-14-10-34(41)50-38)30-6-4-8-32(26-30)46(48)56/h3-26H,1-2H3,(H4-,47,48,49,50,51,52,55,56)/p+1. The number of aryl methyl sites for hydroxylation is 1. The molecule has 270 valence electrons. The third kappa shape index (κ3) is 6.14. The first-order valence-electron chi connectivity index (χ1n) is 18.0. The van der Waals surface area contributed by atoms with E-state index in [0.29, 0.717) is 33.9 Å². The van der Waals surface area contributed by atoms with Crippen molar-refractivity contribution in [3.05, 3.63) is 208 Å². The molecule has 7 heterocycles. The fraction of sp³-hybridized carbons (Fsp3) is 0.0435. The molecule has 0 atom stereocenters. The second-order valence-electron chi connectivity index (χ2n) is 13.8. The smallest absolute Gasteiger partial charge is 0.210 e. The molecule has 5 aliphatic rings. The van der Waals surface area contributed by atoms with Crippen LogP contribution in [0.3, 0.4) is 0 Å². The fourth-order valence-corrected chi connectivity index (χ4v) is 7.32. The Bertz CT molecular complexity index is 2790. The normalized spacial score (nSPS) is 17.0. The molecule has 0 saturated heterocycles. The Morgan fingerprint density at radius 2 is 1.04 bits per heavy atom. The number of hydrogen-bond acceptors (Lipinski definition) is 6. The van der Waals surface area contributed by atoms with Crippen LogP contribution in [-0.2, 0) is 7.05 Å². The number of aliphatic imine (C=N–C) groups is 3. The van der Waals surface area contributed by atoms with Crippen LogP contribution in [0.2, 0.25) is 0 Å². The van der Waals surface area contributed by atoms with Crippen LogP contribution < -0.4 is 4.57 Å². The number of rotatable bonds is 5. The van der Waals surface area contributed by atoms with Gasteiger partial charge in [-0.3, -0.25) is 10.8 Å². The number of aromatic nitrogens is 2. The van der Waals surface area contributed by atoms with Crippen LogP contribution in [0.25, 0.3) is 22.3 Å². The molecular formula is C46H35N8O2+. The van der Waals surface area contributed by atoms with Gasteiger partial charge in [-0.1, -0.05) is 24.3 Å². The average Bonchev–Trinajstić information content (AvgIpc) is 4.04. The van der Waals surface area contributed by atoms with E-state index in [0.717, 1.165) is 67.4 Å². The molecule has 0 aliphatic carbocycles. The highest BCUT2D eigenvalue weighted by atomic mass is 16.3. The molecule has 0 amide bonds.